The van der Waals surface area contributed by atoms with Crippen molar-refractivity contribution in [1.29, 1.82) is 5.26 Å². The fourth-order valence-electron chi connectivity index (χ4n) is 2.37. The molecule has 0 bridgehead atoms. The highest BCUT2D eigenvalue weighted by Gasteiger charge is 2.55. The number of amides is 1. The van der Waals surface area contributed by atoms with Crippen LogP contribution in [0, 0.1) is 17.1 Å². The molecule has 2 rings (SSSR count). The lowest BCUT2D eigenvalue weighted by Crippen LogP contribution is -2.55. The standard InChI is InChI=1S/C19H18F4N6O2/c1-3-31-18(2,19(21,22)23)17(25)28-10-12-6-13(4-5-14(12)20)29-16(30)15-26-8-11(7-24)9-27-15/h4-6,8-9H,3,10H2,1-2H3,(H2,25,28)(H,29,30)/t18-/m1/s1. The predicted molar refractivity (Wildman–Crippen MR) is 103 cm³/mol. The van der Waals surface area contributed by atoms with Crippen molar-refractivity contribution in [2.75, 3.05) is 11.9 Å². The molecule has 1 aromatic heterocycles. The second-order valence-electron chi connectivity index (χ2n) is 6.33. The Morgan fingerprint density at radius 2 is 1.97 bits per heavy atom. The number of halogens is 4. The summed E-state index contributed by atoms with van der Waals surface area (Å²) in [5.74, 6) is -2.58. The van der Waals surface area contributed by atoms with E-state index in [4.69, 9.17) is 15.7 Å². The van der Waals surface area contributed by atoms with Gasteiger partial charge in [0.1, 0.15) is 17.7 Å². The molecule has 8 nitrogen and oxygen atoms in total. The molecule has 164 valence electrons. The van der Waals surface area contributed by atoms with Gasteiger partial charge in [0.2, 0.25) is 11.4 Å². The van der Waals surface area contributed by atoms with Crippen molar-refractivity contribution in [3.63, 3.8) is 0 Å². The van der Waals surface area contributed by atoms with E-state index in [0.717, 1.165) is 25.4 Å². The van der Waals surface area contributed by atoms with Crippen LogP contribution in [0.4, 0.5) is 23.2 Å². The number of carbonyl (C=O) groups is 1. The Labute approximate surface area is 174 Å². The number of aromatic nitrogens is 2. The van der Waals surface area contributed by atoms with Gasteiger partial charge in [-0.15, -0.1) is 0 Å². The third kappa shape index (κ3) is 5.52. The van der Waals surface area contributed by atoms with E-state index in [1.807, 2.05) is 0 Å². The number of aliphatic imine (C=N–C) groups is 1. The minimum Gasteiger partial charge on any atom is -0.385 e. The minimum atomic E-state index is -4.83. The van der Waals surface area contributed by atoms with Crippen molar-refractivity contribution in [2.24, 2.45) is 10.7 Å². The number of alkyl halides is 3. The lowest BCUT2D eigenvalue weighted by molar-refractivity contribution is -0.240. The summed E-state index contributed by atoms with van der Waals surface area (Å²) >= 11 is 0. The Hall–Kier alpha value is -3.59. The Kier molecular flexibility index (Phi) is 7.24. The van der Waals surface area contributed by atoms with E-state index in [2.05, 4.69) is 20.3 Å². The number of amidine groups is 1. The zero-order valence-electron chi connectivity index (χ0n) is 16.5. The smallest absolute Gasteiger partial charge is 0.385 e. The zero-order valence-corrected chi connectivity index (χ0v) is 16.5. The van der Waals surface area contributed by atoms with Gasteiger partial charge >= 0.3 is 6.18 Å². The van der Waals surface area contributed by atoms with Crippen molar-refractivity contribution < 1.29 is 27.1 Å². The Balaban J connectivity index is 2.21. The zero-order chi connectivity index (χ0) is 23.2. The van der Waals surface area contributed by atoms with Gasteiger partial charge < -0.3 is 15.8 Å². The van der Waals surface area contributed by atoms with Gasteiger partial charge in [-0.3, -0.25) is 9.79 Å². The molecule has 1 aromatic carbocycles. The van der Waals surface area contributed by atoms with E-state index in [0.29, 0.717) is 0 Å². The quantitative estimate of drug-likeness (QED) is 0.389. The van der Waals surface area contributed by atoms with Gasteiger partial charge in [-0.25, -0.2) is 14.4 Å². The molecule has 1 heterocycles. The molecule has 0 aliphatic rings. The van der Waals surface area contributed by atoms with E-state index in [9.17, 15) is 22.4 Å². The molecule has 12 heteroatoms. The molecule has 2 aromatic rings. The molecule has 0 unspecified atom stereocenters. The maximum absolute atomic E-state index is 14.1. The average molecular weight is 438 g/mol. The van der Waals surface area contributed by atoms with Crippen molar-refractivity contribution in [3.8, 4) is 6.07 Å². The normalized spacial score (nSPS) is 13.9. The highest BCUT2D eigenvalue weighted by molar-refractivity contribution is 6.01. The van der Waals surface area contributed by atoms with Crippen LogP contribution in [-0.4, -0.2) is 40.1 Å². The molecule has 3 N–H and O–H groups in total. The van der Waals surface area contributed by atoms with Crippen LogP contribution in [0.5, 0.6) is 0 Å². The third-order valence-corrected chi connectivity index (χ3v) is 4.17. The SMILES string of the molecule is CCO[C@](C)(/C(N)=N\Cc1cc(NC(=O)c2ncc(C#N)cn2)ccc1F)C(F)(F)F. The van der Waals surface area contributed by atoms with Crippen LogP contribution in [-0.2, 0) is 11.3 Å². The number of rotatable bonds is 7. The maximum atomic E-state index is 14.1. The van der Waals surface area contributed by atoms with E-state index in [1.165, 1.54) is 19.1 Å². The Bertz CT molecular complexity index is 1020. The summed E-state index contributed by atoms with van der Waals surface area (Å²) in [5.41, 5.74) is 2.88. The topological polar surface area (TPSA) is 126 Å². The molecular formula is C19H18F4N6O2. The second-order valence-corrected chi connectivity index (χ2v) is 6.33. The summed E-state index contributed by atoms with van der Waals surface area (Å²) < 4.78 is 58.8. The predicted octanol–water partition coefficient (Wildman–Crippen LogP) is 2.95. The van der Waals surface area contributed by atoms with Gasteiger partial charge in [-0.2, -0.15) is 18.4 Å². The second kappa shape index (κ2) is 9.48. The number of nitrogens with zero attached hydrogens (tertiary/aromatic N) is 4. The third-order valence-electron chi connectivity index (χ3n) is 4.17. The first kappa shape index (κ1) is 23.7. The largest absolute Gasteiger partial charge is 0.424 e. The van der Waals surface area contributed by atoms with Crippen molar-refractivity contribution in [1.82, 2.24) is 9.97 Å². The molecular weight excluding hydrogens is 420 g/mol. The number of hydrogen-bond acceptors (Lipinski definition) is 6. The van der Waals surface area contributed by atoms with Crippen molar-refractivity contribution >= 4 is 17.4 Å². The fourth-order valence-corrected chi connectivity index (χ4v) is 2.37. The minimum absolute atomic E-state index is 0.109. The monoisotopic (exact) mass is 438 g/mol. The van der Waals surface area contributed by atoms with Crippen LogP contribution in [0.15, 0.2) is 35.6 Å². The van der Waals surface area contributed by atoms with Gasteiger partial charge in [-0.05, 0) is 32.0 Å². The first-order chi connectivity index (χ1) is 14.5. The van der Waals surface area contributed by atoms with Crippen molar-refractivity contribution in [2.45, 2.75) is 32.2 Å². The summed E-state index contributed by atoms with van der Waals surface area (Å²) in [7, 11) is 0. The lowest BCUT2D eigenvalue weighted by atomic mass is 10.0. The molecule has 1 atom stereocenters. The highest BCUT2D eigenvalue weighted by atomic mass is 19.4. The van der Waals surface area contributed by atoms with Crippen LogP contribution in [0.2, 0.25) is 0 Å². The molecule has 0 saturated carbocycles. The maximum Gasteiger partial charge on any atom is 0.424 e. The van der Waals surface area contributed by atoms with Gasteiger partial charge in [0.15, 0.2) is 0 Å². The lowest BCUT2D eigenvalue weighted by Gasteiger charge is -2.31. The van der Waals surface area contributed by atoms with Crippen LogP contribution >= 0.6 is 0 Å². The number of hydrogen-bond donors (Lipinski definition) is 2. The molecule has 0 aliphatic carbocycles. The van der Waals surface area contributed by atoms with E-state index < -0.39 is 35.9 Å². The average Bonchev–Trinajstić information content (AvgIpc) is 2.73. The molecule has 31 heavy (non-hydrogen) atoms. The Morgan fingerprint density at radius 3 is 2.52 bits per heavy atom. The number of anilines is 1. The first-order valence-corrected chi connectivity index (χ1v) is 8.84. The van der Waals surface area contributed by atoms with E-state index in [1.54, 1.807) is 6.07 Å². The summed E-state index contributed by atoms with van der Waals surface area (Å²) in [6.07, 6.45) is -2.51. The van der Waals surface area contributed by atoms with Crippen LogP contribution in [0.3, 0.4) is 0 Å². The van der Waals surface area contributed by atoms with Gasteiger partial charge in [-0.1, -0.05) is 0 Å². The molecule has 0 spiro atoms. The molecule has 0 fully saturated rings. The summed E-state index contributed by atoms with van der Waals surface area (Å²) in [6.45, 7) is 1.33. The molecule has 1 amide bonds. The number of carbonyl (C=O) groups excluding carboxylic acids is 1. The first-order valence-electron chi connectivity index (χ1n) is 8.84. The summed E-state index contributed by atoms with van der Waals surface area (Å²) in [6, 6.07) is 5.26. The molecule has 0 saturated heterocycles. The van der Waals surface area contributed by atoms with Crippen molar-refractivity contribution in [3.05, 3.63) is 53.4 Å². The van der Waals surface area contributed by atoms with E-state index in [-0.39, 0.29) is 29.2 Å². The number of ether oxygens (including phenoxy) is 1. The highest BCUT2D eigenvalue weighted by Crippen LogP contribution is 2.34. The van der Waals surface area contributed by atoms with Gasteiger partial charge in [0.25, 0.3) is 5.91 Å². The van der Waals surface area contributed by atoms with Crippen LogP contribution < -0.4 is 11.1 Å². The van der Waals surface area contributed by atoms with Gasteiger partial charge in [0, 0.05) is 30.3 Å². The number of nitrogens with two attached hydrogens (primary N) is 1. The van der Waals surface area contributed by atoms with E-state index >= 15 is 0 Å². The summed E-state index contributed by atoms with van der Waals surface area (Å²) in [5, 5.41) is 11.1. The van der Waals surface area contributed by atoms with Crippen LogP contribution in [0.1, 0.15) is 35.6 Å². The fraction of sp³-hybridized carbons (Fsp3) is 0.316. The summed E-state index contributed by atoms with van der Waals surface area (Å²) in [4.78, 5) is 23.3. The number of nitriles is 1. The Morgan fingerprint density at radius 1 is 1.32 bits per heavy atom. The molecule has 0 aliphatic heterocycles. The number of nitrogens with one attached hydrogen (secondary N) is 1. The number of benzene rings is 1. The van der Waals surface area contributed by atoms with Gasteiger partial charge in [0.05, 0.1) is 12.1 Å². The molecule has 0 radical (unpaired) electrons. The van der Waals surface area contributed by atoms with Crippen LogP contribution in [0.25, 0.3) is 0 Å².